The summed E-state index contributed by atoms with van der Waals surface area (Å²) in [5.41, 5.74) is 5.08. The Balaban J connectivity index is 2.13. The minimum Gasteiger partial charge on any atom is -0.394 e. The summed E-state index contributed by atoms with van der Waals surface area (Å²) >= 11 is 0. The first-order valence-corrected chi connectivity index (χ1v) is 6.26. The number of nitrogens with zero attached hydrogens (tertiary/aromatic N) is 5. The maximum atomic E-state index is 10.9. The number of ether oxygens (including phenoxy) is 1. The van der Waals surface area contributed by atoms with E-state index in [-0.39, 0.29) is 5.82 Å². The molecule has 0 aromatic carbocycles. The zero-order chi connectivity index (χ0) is 15.2. The van der Waals surface area contributed by atoms with Crippen LogP contribution >= 0.6 is 0 Å². The van der Waals surface area contributed by atoms with Crippen molar-refractivity contribution in [2.24, 2.45) is 5.18 Å². The van der Waals surface area contributed by atoms with Crippen LogP contribution in [-0.2, 0) is 10.5 Å². The molecule has 0 spiro atoms. The minimum atomic E-state index is -1.35. The van der Waals surface area contributed by atoms with Crippen LogP contribution in [0.1, 0.15) is 6.92 Å². The van der Waals surface area contributed by atoms with E-state index in [4.69, 9.17) is 10.5 Å². The van der Waals surface area contributed by atoms with Gasteiger partial charge >= 0.3 is 0 Å². The van der Waals surface area contributed by atoms with Crippen LogP contribution in [0.3, 0.4) is 0 Å². The number of aromatic nitrogens is 4. The quantitative estimate of drug-likeness (QED) is 0.608. The molecular weight excluding hydrogens is 280 g/mol. The number of fused-ring (bicyclic) bond motifs is 1. The van der Waals surface area contributed by atoms with E-state index in [1.165, 1.54) is 17.2 Å². The van der Waals surface area contributed by atoms with Gasteiger partial charge in [-0.1, -0.05) is 5.18 Å². The zero-order valence-corrected chi connectivity index (χ0v) is 11.1. The Morgan fingerprint density at radius 2 is 2.29 bits per heavy atom. The van der Waals surface area contributed by atoms with Crippen molar-refractivity contribution < 1.29 is 14.9 Å². The third-order valence-corrected chi connectivity index (χ3v) is 3.78. The Morgan fingerprint density at radius 3 is 2.90 bits per heavy atom. The van der Waals surface area contributed by atoms with Crippen LogP contribution < -0.4 is 5.73 Å². The number of rotatable bonds is 3. The highest BCUT2D eigenvalue weighted by molar-refractivity contribution is 5.81. The fourth-order valence-electron chi connectivity index (χ4n) is 2.61. The van der Waals surface area contributed by atoms with Gasteiger partial charge in [0.2, 0.25) is 0 Å². The number of nitrogens with two attached hydrogens (primary N) is 1. The Kier molecular flexibility index (Phi) is 3.08. The molecule has 2 aromatic rings. The molecule has 112 valence electrons. The monoisotopic (exact) mass is 294 g/mol. The predicted molar refractivity (Wildman–Crippen MR) is 70.9 cm³/mol. The van der Waals surface area contributed by atoms with Crippen molar-refractivity contribution >= 4 is 17.0 Å². The molecule has 2 unspecified atom stereocenters. The molecule has 1 aliphatic rings. The van der Waals surface area contributed by atoms with E-state index in [9.17, 15) is 15.1 Å². The number of imidazole rings is 1. The largest absolute Gasteiger partial charge is 0.394 e. The maximum Gasteiger partial charge on any atom is 0.173 e. The lowest BCUT2D eigenvalue weighted by Crippen LogP contribution is -2.42. The second kappa shape index (κ2) is 4.69. The molecule has 4 N–H and O–H groups in total. The summed E-state index contributed by atoms with van der Waals surface area (Å²) in [6.45, 7) is 1.12. The summed E-state index contributed by atoms with van der Waals surface area (Å²) in [5, 5.41) is 22.5. The molecule has 3 rings (SSSR count). The Hall–Kier alpha value is -2.17. The summed E-state index contributed by atoms with van der Waals surface area (Å²) in [6, 6.07) is -1.09. The Morgan fingerprint density at radius 1 is 1.52 bits per heavy atom. The molecule has 0 amide bonds. The lowest BCUT2D eigenvalue weighted by molar-refractivity contribution is -0.132. The molecule has 0 bridgehead atoms. The van der Waals surface area contributed by atoms with Crippen molar-refractivity contribution in [2.45, 2.75) is 30.9 Å². The SMILES string of the molecule is C[C@@]1(n2cnc3c(N)ncnc32)O[C@H](CO)C(N=O)C1O. The van der Waals surface area contributed by atoms with E-state index < -0.39 is 30.6 Å². The van der Waals surface area contributed by atoms with Crippen molar-refractivity contribution in [2.75, 3.05) is 12.3 Å². The highest BCUT2D eigenvalue weighted by atomic mass is 16.6. The standard InChI is InChI=1S/C11H14N6O4/c1-11(8(19)6(16-20)5(2-18)21-11)17-4-15-7-9(12)13-3-14-10(7)17/h3-6,8,18-19H,2H2,1H3,(H2,12,13,14)/t5-,6?,8?,11-/m1/s1. The van der Waals surface area contributed by atoms with Crippen LogP contribution in [0.5, 0.6) is 0 Å². The fraction of sp³-hybridized carbons (Fsp3) is 0.545. The van der Waals surface area contributed by atoms with Gasteiger partial charge in [-0.05, 0) is 6.92 Å². The molecule has 2 aromatic heterocycles. The molecule has 3 heterocycles. The summed E-state index contributed by atoms with van der Waals surface area (Å²) in [5.74, 6) is 0.193. The van der Waals surface area contributed by atoms with Gasteiger partial charge in [0.05, 0.1) is 12.9 Å². The van der Waals surface area contributed by atoms with Gasteiger partial charge < -0.3 is 20.7 Å². The third kappa shape index (κ3) is 1.80. The number of anilines is 1. The first-order valence-electron chi connectivity index (χ1n) is 6.26. The van der Waals surface area contributed by atoms with Gasteiger partial charge in [-0.2, -0.15) is 4.91 Å². The van der Waals surface area contributed by atoms with Crippen LogP contribution in [-0.4, -0.2) is 54.6 Å². The van der Waals surface area contributed by atoms with Crippen LogP contribution in [0.4, 0.5) is 5.82 Å². The van der Waals surface area contributed by atoms with Gasteiger partial charge in [0, 0.05) is 0 Å². The summed E-state index contributed by atoms with van der Waals surface area (Å²) < 4.78 is 7.09. The number of hydrogen-bond donors (Lipinski definition) is 3. The molecule has 21 heavy (non-hydrogen) atoms. The van der Waals surface area contributed by atoms with E-state index in [1.807, 2.05) is 0 Å². The minimum absolute atomic E-state index is 0.193. The molecule has 10 nitrogen and oxygen atoms in total. The molecule has 0 saturated carbocycles. The topological polar surface area (TPSA) is 149 Å². The van der Waals surface area contributed by atoms with Crippen LogP contribution in [0.25, 0.3) is 11.2 Å². The van der Waals surface area contributed by atoms with Crippen molar-refractivity contribution in [3.05, 3.63) is 17.6 Å². The lowest BCUT2D eigenvalue weighted by Gasteiger charge is -2.29. The van der Waals surface area contributed by atoms with Crippen LogP contribution in [0, 0.1) is 4.91 Å². The van der Waals surface area contributed by atoms with Gasteiger partial charge in [0.1, 0.15) is 24.1 Å². The molecule has 0 aliphatic carbocycles. The molecule has 1 aliphatic heterocycles. The van der Waals surface area contributed by atoms with E-state index in [1.54, 1.807) is 6.92 Å². The van der Waals surface area contributed by atoms with E-state index in [0.29, 0.717) is 11.2 Å². The number of hydrogen-bond acceptors (Lipinski definition) is 9. The molecule has 1 saturated heterocycles. The van der Waals surface area contributed by atoms with Crippen molar-refractivity contribution in [3.8, 4) is 0 Å². The molecule has 4 atom stereocenters. The smallest absolute Gasteiger partial charge is 0.173 e. The van der Waals surface area contributed by atoms with Crippen LogP contribution in [0.2, 0.25) is 0 Å². The predicted octanol–water partition coefficient (Wildman–Crippen LogP) is -1.03. The summed E-state index contributed by atoms with van der Waals surface area (Å²) in [7, 11) is 0. The molecule has 1 fully saturated rings. The average molecular weight is 294 g/mol. The first-order chi connectivity index (χ1) is 10.0. The highest BCUT2D eigenvalue weighted by Gasteiger charge is 2.54. The maximum absolute atomic E-state index is 10.9. The van der Waals surface area contributed by atoms with Crippen molar-refractivity contribution in [3.63, 3.8) is 0 Å². The second-order valence-electron chi connectivity index (χ2n) is 4.98. The van der Waals surface area contributed by atoms with Crippen LogP contribution in [0.15, 0.2) is 17.8 Å². The van der Waals surface area contributed by atoms with Gasteiger partial charge in [-0.25, -0.2) is 15.0 Å². The summed E-state index contributed by atoms with van der Waals surface area (Å²) in [4.78, 5) is 22.9. The zero-order valence-electron chi connectivity index (χ0n) is 11.1. The molecule has 10 heteroatoms. The molecular formula is C11H14N6O4. The average Bonchev–Trinajstić information content (AvgIpc) is 3.01. The van der Waals surface area contributed by atoms with Crippen molar-refractivity contribution in [1.29, 1.82) is 0 Å². The first kappa shape index (κ1) is 13.8. The second-order valence-corrected chi connectivity index (χ2v) is 4.98. The van der Waals surface area contributed by atoms with Gasteiger partial charge in [0.15, 0.2) is 23.2 Å². The number of aliphatic hydroxyl groups excluding tert-OH is 2. The highest BCUT2D eigenvalue weighted by Crippen LogP contribution is 2.38. The van der Waals surface area contributed by atoms with E-state index in [0.717, 1.165) is 0 Å². The fourth-order valence-corrected chi connectivity index (χ4v) is 2.61. The lowest BCUT2D eigenvalue weighted by atomic mass is 10.0. The molecule has 0 radical (unpaired) electrons. The Bertz CT molecular complexity index is 690. The number of aliphatic hydroxyl groups is 2. The number of nitrogen functional groups attached to an aromatic ring is 1. The third-order valence-electron chi connectivity index (χ3n) is 3.78. The van der Waals surface area contributed by atoms with Gasteiger partial charge in [-0.3, -0.25) is 4.57 Å². The van der Waals surface area contributed by atoms with Gasteiger partial charge in [-0.15, -0.1) is 0 Å². The normalized spacial score (nSPS) is 32.6. The number of nitroso groups, excluding NO2 is 1. The van der Waals surface area contributed by atoms with Crippen molar-refractivity contribution in [1.82, 2.24) is 19.5 Å². The van der Waals surface area contributed by atoms with E-state index in [2.05, 4.69) is 20.1 Å². The van der Waals surface area contributed by atoms with E-state index >= 15 is 0 Å². The Labute approximate surface area is 118 Å². The van der Waals surface area contributed by atoms with Gasteiger partial charge in [0.25, 0.3) is 0 Å². The summed E-state index contributed by atoms with van der Waals surface area (Å²) in [6.07, 6.45) is 0.486.